The summed E-state index contributed by atoms with van der Waals surface area (Å²) in [5, 5.41) is 19.2. The third-order valence-corrected chi connectivity index (χ3v) is 4.08. The van der Waals surface area contributed by atoms with Gasteiger partial charge in [0.1, 0.15) is 11.5 Å². The molecule has 154 valence electrons. The quantitative estimate of drug-likeness (QED) is 0.469. The first-order valence-electron chi connectivity index (χ1n) is 8.69. The minimum atomic E-state index is -0.644. The molecule has 3 aromatic rings. The Kier molecular flexibility index (Phi) is 6.07. The fourth-order valence-corrected chi connectivity index (χ4v) is 2.52. The molecule has 0 aliphatic rings. The van der Waals surface area contributed by atoms with Crippen LogP contribution in [0.15, 0.2) is 60.7 Å². The average molecular weight is 410 g/mol. The van der Waals surface area contributed by atoms with Gasteiger partial charge in [-0.05, 0) is 60.7 Å². The molecule has 0 unspecified atom stereocenters. The van der Waals surface area contributed by atoms with Gasteiger partial charge in [0, 0.05) is 0 Å². The van der Waals surface area contributed by atoms with Crippen molar-refractivity contribution >= 4 is 11.9 Å². The molecule has 0 aliphatic carbocycles. The summed E-state index contributed by atoms with van der Waals surface area (Å²) in [6, 6.07) is 14.1. The zero-order valence-corrected chi connectivity index (χ0v) is 16.1. The van der Waals surface area contributed by atoms with Crippen LogP contribution in [0, 0.1) is 0 Å². The second kappa shape index (κ2) is 8.87. The van der Waals surface area contributed by atoms with Gasteiger partial charge in [-0.1, -0.05) is 0 Å². The summed E-state index contributed by atoms with van der Waals surface area (Å²) >= 11 is 0. The fraction of sp³-hybridized carbons (Fsp3) is 0.0909. The van der Waals surface area contributed by atoms with Crippen molar-refractivity contribution in [3.63, 3.8) is 0 Å². The van der Waals surface area contributed by atoms with E-state index in [1.807, 2.05) is 0 Å². The molecular formula is C22H18O8. The Labute approximate surface area is 171 Å². The number of methoxy groups -OCH3 is 2. The lowest BCUT2D eigenvalue weighted by molar-refractivity contribution is 0.0719. The Bertz CT molecular complexity index is 986. The lowest BCUT2D eigenvalue weighted by Crippen LogP contribution is -2.10. The lowest BCUT2D eigenvalue weighted by Gasteiger charge is -2.09. The first-order chi connectivity index (χ1) is 14.4. The van der Waals surface area contributed by atoms with Crippen molar-refractivity contribution in [3.8, 4) is 34.5 Å². The number of hydrogen-bond acceptors (Lipinski definition) is 8. The van der Waals surface area contributed by atoms with Crippen molar-refractivity contribution in [1.29, 1.82) is 0 Å². The van der Waals surface area contributed by atoms with Crippen LogP contribution in [-0.2, 0) is 0 Å². The van der Waals surface area contributed by atoms with Crippen LogP contribution in [-0.4, -0.2) is 36.4 Å². The Morgan fingerprint density at radius 2 is 1.00 bits per heavy atom. The van der Waals surface area contributed by atoms with E-state index in [0.29, 0.717) is 0 Å². The van der Waals surface area contributed by atoms with Crippen LogP contribution in [0.4, 0.5) is 0 Å². The van der Waals surface area contributed by atoms with E-state index in [4.69, 9.17) is 18.9 Å². The van der Waals surface area contributed by atoms with E-state index in [1.54, 1.807) is 0 Å². The van der Waals surface area contributed by atoms with Crippen LogP contribution >= 0.6 is 0 Å². The van der Waals surface area contributed by atoms with Gasteiger partial charge >= 0.3 is 11.9 Å². The molecule has 8 heteroatoms. The number of phenolic OH excluding ortho intramolecular Hbond substituents is 2. The highest BCUT2D eigenvalue weighted by Gasteiger charge is 2.14. The van der Waals surface area contributed by atoms with Crippen LogP contribution in [0.5, 0.6) is 34.5 Å². The zero-order valence-electron chi connectivity index (χ0n) is 16.1. The predicted molar refractivity (Wildman–Crippen MR) is 106 cm³/mol. The monoisotopic (exact) mass is 410 g/mol. The molecule has 0 saturated carbocycles. The maximum absolute atomic E-state index is 12.3. The first-order valence-corrected chi connectivity index (χ1v) is 8.69. The molecule has 0 bridgehead atoms. The first kappa shape index (κ1) is 20.5. The maximum atomic E-state index is 12.3. The highest BCUT2D eigenvalue weighted by molar-refractivity contribution is 5.92. The van der Waals surface area contributed by atoms with Crippen LogP contribution in [0.3, 0.4) is 0 Å². The smallest absolute Gasteiger partial charge is 0.343 e. The van der Waals surface area contributed by atoms with Crippen LogP contribution in [0.2, 0.25) is 0 Å². The molecule has 0 aliphatic heterocycles. The number of rotatable bonds is 6. The van der Waals surface area contributed by atoms with E-state index in [-0.39, 0.29) is 45.6 Å². The van der Waals surface area contributed by atoms with Gasteiger partial charge in [0.15, 0.2) is 23.0 Å². The van der Waals surface area contributed by atoms with Gasteiger partial charge in [-0.3, -0.25) is 0 Å². The number of aromatic hydroxyl groups is 2. The molecule has 0 spiro atoms. The lowest BCUT2D eigenvalue weighted by atomic mass is 10.2. The van der Waals surface area contributed by atoms with Crippen molar-refractivity contribution in [2.75, 3.05) is 14.2 Å². The van der Waals surface area contributed by atoms with Crippen LogP contribution < -0.4 is 18.9 Å². The summed E-state index contributed by atoms with van der Waals surface area (Å²) in [5.41, 5.74) is 0.392. The largest absolute Gasteiger partial charge is 0.504 e. The number of phenols is 2. The highest BCUT2D eigenvalue weighted by Crippen LogP contribution is 2.28. The number of carbonyl (C=O) groups is 2. The second-order valence-corrected chi connectivity index (χ2v) is 6.02. The Morgan fingerprint density at radius 1 is 0.633 bits per heavy atom. The van der Waals surface area contributed by atoms with E-state index in [9.17, 15) is 19.8 Å². The maximum Gasteiger partial charge on any atom is 0.343 e. The molecule has 0 amide bonds. The van der Waals surface area contributed by atoms with Crippen LogP contribution in [0.1, 0.15) is 20.7 Å². The SMILES string of the molecule is COc1cc(C(=O)Oc2ccc(OC(=O)c3ccc(O)c(OC)c3)cc2)ccc1O. The Balaban J connectivity index is 1.66. The molecule has 0 heterocycles. The van der Waals surface area contributed by atoms with Gasteiger partial charge in [0.25, 0.3) is 0 Å². The minimum Gasteiger partial charge on any atom is -0.504 e. The van der Waals surface area contributed by atoms with Gasteiger partial charge in [-0.2, -0.15) is 0 Å². The topological polar surface area (TPSA) is 112 Å². The summed E-state index contributed by atoms with van der Waals surface area (Å²) in [6.07, 6.45) is 0. The second-order valence-electron chi connectivity index (χ2n) is 6.02. The summed E-state index contributed by atoms with van der Waals surface area (Å²) in [5.74, 6) is -0.701. The highest BCUT2D eigenvalue weighted by atomic mass is 16.5. The fourth-order valence-electron chi connectivity index (χ4n) is 2.52. The van der Waals surface area contributed by atoms with E-state index < -0.39 is 11.9 Å². The molecule has 8 nitrogen and oxygen atoms in total. The summed E-state index contributed by atoms with van der Waals surface area (Å²) in [6.45, 7) is 0. The van der Waals surface area contributed by atoms with Crippen molar-refractivity contribution in [1.82, 2.24) is 0 Å². The van der Waals surface area contributed by atoms with Crippen molar-refractivity contribution < 1.29 is 38.7 Å². The third kappa shape index (κ3) is 4.61. The number of hydrogen-bond donors (Lipinski definition) is 2. The van der Waals surface area contributed by atoms with E-state index in [1.165, 1.54) is 74.9 Å². The summed E-state index contributed by atoms with van der Waals surface area (Å²) < 4.78 is 20.5. The van der Waals surface area contributed by atoms with Gasteiger partial charge < -0.3 is 29.2 Å². The molecule has 2 N–H and O–H groups in total. The molecule has 0 saturated heterocycles. The van der Waals surface area contributed by atoms with Crippen molar-refractivity contribution in [3.05, 3.63) is 71.8 Å². The molecular weight excluding hydrogens is 392 g/mol. The third-order valence-electron chi connectivity index (χ3n) is 4.08. The van der Waals surface area contributed by atoms with E-state index in [0.717, 1.165) is 0 Å². The van der Waals surface area contributed by atoms with Crippen molar-refractivity contribution in [2.45, 2.75) is 0 Å². The normalized spacial score (nSPS) is 10.2. The molecule has 30 heavy (non-hydrogen) atoms. The van der Waals surface area contributed by atoms with Crippen LogP contribution in [0.25, 0.3) is 0 Å². The minimum absolute atomic E-state index is 0.0912. The Morgan fingerprint density at radius 3 is 1.33 bits per heavy atom. The molecule has 3 aromatic carbocycles. The molecule has 0 aromatic heterocycles. The number of carbonyl (C=O) groups excluding carboxylic acids is 2. The van der Waals surface area contributed by atoms with Gasteiger partial charge in [0.2, 0.25) is 0 Å². The molecule has 0 fully saturated rings. The van der Waals surface area contributed by atoms with E-state index >= 15 is 0 Å². The van der Waals surface area contributed by atoms with Gasteiger partial charge in [0.05, 0.1) is 25.3 Å². The molecule has 0 atom stereocenters. The van der Waals surface area contributed by atoms with E-state index in [2.05, 4.69) is 0 Å². The average Bonchev–Trinajstić information content (AvgIpc) is 2.75. The molecule has 3 rings (SSSR count). The number of esters is 2. The summed E-state index contributed by atoms with van der Waals surface area (Å²) in [7, 11) is 2.75. The van der Waals surface area contributed by atoms with Gasteiger partial charge in [-0.25, -0.2) is 9.59 Å². The summed E-state index contributed by atoms with van der Waals surface area (Å²) in [4.78, 5) is 24.5. The zero-order chi connectivity index (χ0) is 21.7. The standard InChI is InChI=1S/C22H18O8/c1-27-19-11-13(3-9-17(19)23)21(25)29-15-5-7-16(8-6-15)30-22(26)14-4-10-18(24)20(12-14)28-2/h3-12,23-24H,1-2H3. The Hall–Kier alpha value is -4.20. The van der Waals surface area contributed by atoms with Gasteiger partial charge in [-0.15, -0.1) is 0 Å². The number of benzene rings is 3. The predicted octanol–water partition coefficient (Wildman–Crippen LogP) is 3.55. The van der Waals surface area contributed by atoms with Crippen molar-refractivity contribution in [2.24, 2.45) is 0 Å². The number of ether oxygens (including phenoxy) is 4. The molecule has 0 radical (unpaired) electrons.